The summed E-state index contributed by atoms with van der Waals surface area (Å²) in [6.45, 7) is 2.87. The highest BCUT2D eigenvalue weighted by atomic mass is 16.5. The molecule has 0 spiro atoms. The van der Waals surface area contributed by atoms with Crippen LogP contribution >= 0.6 is 0 Å². The Kier molecular flexibility index (Phi) is 7.66. The number of nitrogens with one attached hydrogen (secondary N) is 2. The second kappa shape index (κ2) is 9.68. The van der Waals surface area contributed by atoms with E-state index in [4.69, 9.17) is 10.00 Å². The first-order valence-corrected chi connectivity index (χ1v) is 6.91. The molecule has 0 saturated heterocycles. The Morgan fingerprint density at radius 3 is 2.65 bits per heavy atom. The van der Waals surface area contributed by atoms with Crippen LogP contribution in [0.5, 0.6) is 5.75 Å². The van der Waals surface area contributed by atoms with Gasteiger partial charge in [-0.15, -0.1) is 0 Å². The molecule has 0 saturated carbocycles. The van der Waals surface area contributed by atoms with E-state index in [1.807, 2.05) is 6.07 Å². The first-order valence-electron chi connectivity index (χ1n) is 6.91. The number of nitrogens with zero attached hydrogens (tertiary/aromatic N) is 1. The molecule has 0 aliphatic carbocycles. The summed E-state index contributed by atoms with van der Waals surface area (Å²) < 4.78 is 5.13. The van der Waals surface area contributed by atoms with Crippen LogP contribution in [0.25, 0.3) is 0 Å². The number of hydrogen-bond acceptors (Lipinski definition) is 3. The average molecular weight is 275 g/mol. The third-order valence-electron chi connectivity index (χ3n) is 2.73. The van der Waals surface area contributed by atoms with Gasteiger partial charge in [0.05, 0.1) is 0 Å². The maximum Gasteiger partial charge on any atom is 0.319 e. The van der Waals surface area contributed by atoms with Gasteiger partial charge >= 0.3 is 6.03 Å². The Morgan fingerprint density at radius 1 is 1.25 bits per heavy atom. The van der Waals surface area contributed by atoms with Crippen LogP contribution in [0, 0.1) is 11.3 Å². The molecule has 0 radical (unpaired) electrons. The molecular formula is C15H21N3O2. The molecule has 1 aromatic carbocycles. The van der Waals surface area contributed by atoms with Crippen LogP contribution in [0.2, 0.25) is 0 Å². The minimum atomic E-state index is -0.202. The summed E-state index contributed by atoms with van der Waals surface area (Å²) in [5.74, 6) is 0.608. The Balaban J connectivity index is 2.26. The van der Waals surface area contributed by atoms with E-state index in [9.17, 15) is 4.79 Å². The first-order chi connectivity index (χ1) is 9.76. The monoisotopic (exact) mass is 275 g/mol. The molecule has 0 fully saturated rings. The maximum atomic E-state index is 11.6. The van der Waals surface area contributed by atoms with Crippen molar-refractivity contribution in [1.29, 1.82) is 5.26 Å². The molecule has 1 rings (SSSR count). The minimum absolute atomic E-state index is 0.0189. The lowest BCUT2D eigenvalue weighted by atomic mass is 10.2. The normalized spacial score (nSPS) is 9.60. The van der Waals surface area contributed by atoms with Crippen molar-refractivity contribution in [2.24, 2.45) is 0 Å². The summed E-state index contributed by atoms with van der Waals surface area (Å²) in [5, 5.41) is 14.0. The van der Waals surface area contributed by atoms with Gasteiger partial charge in [-0.05, 0) is 30.7 Å². The predicted molar refractivity (Wildman–Crippen MR) is 78.7 cm³/mol. The molecule has 2 N–H and O–H groups in total. The second-order valence-electron chi connectivity index (χ2n) is 4.41. The zero-order chi connectivity index (χ0) is 14.6. The fourth-order valence-electron chi connectivity index (χ4n) is 1.68. The summed E-state index contributed by atoms with van der Waals surface area (Å²) in [5.41, 5.74) is 0.695. The Labute approximate surface area is 119 Å². The smallest absolute Gasteiger partial charge is 0.319 e. The van der Waals surface area contributed by atoms with Crippen molar-refractivity contribution in [2.75, 3.05) is 18.5 Å². The van der Waals surface area contributed by atoms with Crippen molar-refractivity contribution in [2.45, 2.75) is 32.6 Å². The zero-order valence-electron chi connectivity index (χ0n) is 11.8. The highest BCUT2D eigenvalue weighted by molar-refractivity contribution is 5.89. The van der Waals surface area contributed by atoms with E-state index < -0.39 is 0 Å². The lowest BCUT2D eigenvalue weighted by Gasteiger charge is -2.08. The van der Waals surface area contributed by atoms with Gasteiger partial charge in [-0.2, -0.15) is 5.26 Å². The summed E-state index contributed by atoms with van der Waals surface area (Å²) >= 11 is 0. The standard InChI is InChI=1S/C15H21N3O2/c1-2-3-4-5-11-17-15(19)18-13-6-8-14(9-7-13)20-12-10-16/h6-9H,2-5,11-12H2,1H3,(H2,17,18,19). The molecular weight excluding hydrogens is 254 g/mol. The van der Waals surface area contributed by atoms with E-state index >= 15 is 0 Å². The van der Waals surface area contributed by atoms with Crippen LogP contribution < -0.4 is 15.4 Å². The average Bonchev–Trinajstić information content (AvgIpc) is 2.46. The number of amides is 2. The van der Waals surface area contributed by atoms with E-state index in [0.29, 0.717) is 18.0 Å². The van der Waals surface area contributed by atoms with Gasteiger partial charge in [-0.3, -0.25) is 0 Å². The molecule has 0 atom stereocenters. The van der Waals surface area contributed by atoms with Crippen LogP contribution in [0.3, 0.4) is 0 Å². The number of urea groups is 1. The fraction of sp³-hybridized carbons (Fsp3) is 0.467. The molecule has 0 aliphatic heterocycles. The zero-order valence-corrected chi connectivity index (χ0v) is 11.8. The molecule has 0 bridgehead atoms. The van der Waals surface area contributed by atoms with E-state index in [2.05, 4.69) is 17.6 Å². The van der Waals surface area contributed by atoms with Gasteiger partial charge in [-0.1, -0.05) is 26.2 Å². The second-order valence-corrected chi connectivity index (χ2v) is 4.41. The number of anilines is 1. The number of benzene rings is 1. The molecule has 108 valence electrons. The van der Waals surface area contributed by atoms with Crippen molar-refractivity contribution in [3.05, 3.63) is 24.3 Å². The number of carbonyl (C=O) groups excluding carboxylic acids is 1. The van der Waals surface area contributed by atoms with E-state index in [1.165, 1.54) is 12.8 Å². The molecule has 20 heavy (non-hydrogen) atoms. The molecule has 0 aromatic heterocycles. The van der Waals surface area contributed by atoms with E-state index in [1.54, 1.807) is 24.3 Å². The molecule has 5 nitrogen and oxygen atoms in total. The van der Waals surface area contributed by atoms with Gasteiger partial charge in [0, 0.05) is 12.2 Å². The Hall–Kier alpha value is -2.22. The number of nitriles is 1. The molecule has 1 aromatic rings. The van der Waals surface area contributed by atoms with Crippen LogP contribution in [0.4, 0.5) is 10.5 Å². The van der Waals surface area contributed by atoms with Crippen molar-refractivity contribution >= 4 is 11.7 Å². The number of ether oxygens (including phenoxy) is 1. The summed E-state index contributed by atoms with van der Waals surface area (Å²) in [4.78, 5) is 11.6. The Bertz CT molecular complexity index is 437. The first kappa shape index (κ1) is 15.8. The van der Waals surface area contributed by atoms with E-state index in [-0.39, 0.29) is 12.6 Å². The van der Waals surface area contributed by atoms with Crippen LogP contribution in [0.1, 0.15) is 32.6 Å². The molecule has 0 aliphatic rings. The van der Waals surface area contributed by atoms with Crippen molar-refractivity contribution in [1.82, 2.24) is 5.32 Å². The number of unbranched alkanes of at least 4 members (excludes halogenated alkanes) is 3. The molecule has 0 unspecified atom stereocenters. The molecule has 5 heteroatoms. The van der Waals surface area contributed by atoms with Crippen molar-refractivity contribution in [3.8, 4) is 11.8 Å². The van der Waals surface area contributed by atoms with Gasteiger partial charge in [0.25, 0.3) is 0 Å². The third-order valence-corrected chi connectivity index (χ3v) is 2.73. The summed E-state index contributed by atoms with van der Waals surface area (Å²) in [6.07, 6.45) is 4.53. The topological polar surface area (TPSA) is 74.2 Å². The highest BCUT2D eigenvalue weighted by Gasteiger charge is 2.01. The van der Waals surface area contributed by atoms with Gasteiger partial charge in [0.1, 0.15) is 11.8 Å². The van der Waals surface area contributed by atoms with Gasteiger partial charge in [0.2, 0.25) is 0 Å². The van der Waals surface area contributed by atoms with Crippen molar-refractivity contribution in [3.63, 3.8) is 0 Å². The highest BCUT2D eigenvalue weighted by Crippen LogP contribution is 2.15. The van der Waals surface area contributed by atoms with Crippen LogP contribution in [-0.2, 0) is 0 Å². The molecule has 2 amide bonds. The minimum Gasteiger partial charge on any atom is -0.479 e. The lowest BCUT2D eigenvalue weighted by molar-refractivity contribution is 0.252. The number of carbonyl (C=O) groups is 1. The van der Waals surface area contributed by atoms with E-state index in [0.717, 1.165) is 12.8 Å². The number of hydrogen-bond donors (Lipinski definition) is 2. The van der Waals surface area contributed by atoms with Gasteiger partial charge in [0.15, 0.2) is 6.61 Å². The quantitative estimate of drug-likeness (QED) is 0.715. The predicted octanol–water partition coefficient (Wildman–Crippen LogP) is 3.29. The third kappa shape index (κ3) is 6.64. The largest absolute Gasteiger partial charge is 0.479 e. The summed E-state index contributed by atoms with van der Waals surface area (Å²) in [7, 11) is 0. The van der Waals surface area contributed by atoms with Crippen LogP contribution in [0.15, 0.2) is 24.3 Å². The maximum absolute atomic E-state index is 11.6. The summed E-state index contributed by atoms with van der Waals surface area (Å²) in [6, 6.07) is 8.61. The number of rotatable bonds is 8. The SMILES string of the molecule is CCCCCCNC(=O)Nc1ccc(OCC#N)cc1. The van der Waals surface area contributed by atoms with Gasteiger partial charge < -0.3 is 15.4 Å². The van der Waals surface area contributed by atoms with Gasteiger partial charge in [-0.25, -0.2) is 4.79 Å². The van der Waals surface area contributed by atoms with Crippen LogP contribution in [-0.4, -0.2) is 19.2 Å². The fourth-order valence-corrected chi connectivity index (χ4v) is 1.68. The molecule has 0 heterocycles. The Morgan fingerprint density at radius 2 is 2.00 bits per heavy atom. The van der Waals surface area contributed by atoms with Crippen molar-refractivity contribution < 1.29 is 9.53 Å². The lowest BCUT2D eigenvalue weighted by Crippen LogP contribution is -2.29.